The van der Waals surface area contributed by atoms with E-state index in [0.29, 0.717) is 6.61 Å². The van der Waals surface area contributed by atoms with Crippen LogP contribution in [-0.4, -0.2) is 19.5 Å². The van der Waals surface area contributed by atoms with Crippen LogP contribution in [0.2, 0.25) is 0 Å². The predicted molar refractivity (Wildman–Crippen MR) is 71.6 cm³/mol. The Balaban J connectivity index is 2.21. The Kier molecular flexibility index (Phi) is 4.68. The summed E-state index contributed by atoms with van der Waals surface area (Å²) >= 11 is 0. The van der Waals surface area contributed by atoms with E-state index in [1.54, 1.807) is 0 Å². The SMILES string of the molecule is O=CCOCC(c1ccccc1)c1ccccc1. The number of hydrogen-bond donors (Lipinski definition) is 0. The van der Waals surface area contributed by atoms with Crippen LogP contribution in [0, 0.1) is 0 Å². The number of ether oxygens (including phenoxy) is 1. The second kappa shape index (κ2) is 6.72. The standard InChI is InChI=1S/C16H16O2/c17-11-12-18-13-16(14-7-3-1-4-8-14)15-9-5-2-6-10-15/h1-11,16H,12-13H2. The summed E-state index contributed by atoms with van der Waals surface area (Å²) in [5.41, 5.74) is 2.41. The Morgan fingerprint density at radius 1 is 0.889 bits per heavy atom. The summed E-state index contributed by atoms with van der Waals surface area (Å²) in [6, 6.07) is 20.4. The molecular formula is C16H16O2. The lowest BCUT2D eigenvalue weighted by atomic mass is 9.92. The third kappa shape index (κ3) is 3.28. The van der Waals surface area contributed by atoms with Crippen molar-refractivity contribution in [3.63, 3.8) is 0 Å². The van der Waals surface area contributed by atoms with Gasteiger partial charge in [0, 0.05) is 5.92 Å². The van der Waals surface area contributed by atoms with Gasteiger partial charge in [0.05, 0.1) is 6.61 Å². The molecule has 0 radical (unpaired) electrons. The number of aldehydes is 1. The number of rotatable bonds is 6. The quantitative estimate of drug-likeness (QED) is 0.573. The van der Waals surface area contributed by atoms with Gasteiger partial charge in [-0.15, -0.1) is 0 Å². The highest BCUT2D eigenvalue weighted by atomic mass is 16.5. The molecule has 18 heavy (non-hydrogen) atoms. The highest BCUT2D eigenvalue weighted by Crippen LogP contribution is 2.24. The number of carbonyl (C=O) groups is 1. The zero-order valence-corrected chi connectivity index (χ0v) is 10.2. The summed E-state index contributed by atoms with van der Waals surface area (Å²) in [6.45, 7) is 0.670. The van der Waals surface area contributed by atoms with Gasteiger partial charge in [0.15, 0.2) is 0 Å². The van der Waals surface area contributed by atoms with Crippen LogP contribution in [-0.2, 0) is 9.53 Å². The number of hydrogen-bond acceptors (Lipinski definition) is 2. The van der Waals surface area contributed by atoms with Crippen LogP contribution in [0.4, 0.5) is 0 Å². The van der Waals surface area contributed by atoms with Crippen LogP contribution in [0.1, 0.15) is 17.0 Å². The molecule has 0 N–H and O–H groups in total. The second-order valence-electron chi connectivity index (χ2n) is 4.08. The van der Waals surface area contributed by atoms with Gasteiger partial charge in [-0.05, 0) is 11.1 Å². The monoisotopic (exact) mass is 240 g/mol. The van der Waals surface area contributed by atoms with Crippen molar-refractivity contribution >= 4 is 6.29 Å². The maximum atomic E-state index is 10.3. The Morgan fingerprint density at radius 2 is 1.39 bits per heavy atom. The molecule has 0 aliphatic heterocycles. The van der Waals surface area contributed by atoms with Gasteiger partial charge in [0.25, 0.3) is 0 Å². The zero-order chi connectivity index (χ0) is 12.6. The van der Waals surface area contributed by atoms with Crippen LogP contribution >= 0.6 is 0 Å². The molecule has 0 aliphatic carbocycles. The zero-order valence-electron chi connectivity index (χ0n) is 10.2. The molecular weight excluding hydrogens is 224 g/mol. The molecule has 0 saturated carbocycles. The molecule has 0 unspecified atom stereocenters. The highest BCUT2D eigenvalue weighted by molar-refractivity contribution is 5.50. The summed E-state index contributed by atoms with van der Waals surface area (Å²) in [7, 11) is 0. The third-order valence-electron chi connectivity index (χ3n) is 2.87. The maximum absolute atomic E-state index is 10.3. The third-order valence-corrected chi connectivity index (χ3v) is 2.87. The van der Waals surface area contributed by atoms with Gasteiger partial charge in [-0.3, -0.25) is 0 Å². The fraction of sp³-hybridized carbons (Fsp3) is 0.188. The first kappa shape index (κ1) is 12.5. The molecule has 0 atom stereocenters. The van der Waals surface area contributed by atoms with Crippen molar-refractivity contribution in [3.05, 3.63) is 71.8 Å². The van der Waals surface area contributed by atoms with Crippen LogP contribution < -0.4 is 0 Å². The Bertz CT molecular complexity index is 425. The lowest BCUT2D eigenvalue weighted by Crippen LogP contribution is -2.10. The van der Waals surface area contributed by atoms with E-state index < -0.39 is 0 Å². The molecule has 0 aliphatic rings. The fourth-order valence-corrected chi connectivity index (χ4v) is 1.99. The molecule has 0 spiro atoms. The number of benzene rings is 2. The van der Waals surface area contributed by atoms with Crippen molar-refractivity contribution in [3.8, 4) is 0 Å². The summed E-state index contributed by atoms with van der Waals surface area (Å²) in [6.07, 6.45) is 0.785. The Labute approximate surface area is 107 Å². The van der Waals surface area contributed by atoms with E-state index in [1.165, 1.54) is 11.1 Å². The minimum Gasteiger partial charge on any atom is -0.373 e. The topological polar surface area (TPSA) is 26.3 Å². The van der Waals surface area contributed by atoms with E-state index in [0.717, 1.165) is 6.29 Å². The van der Waals surface area contributed by atoms with Crippen molar-refractivity contribution in [1.29, 1.82) is 0 Å². The van der Waals surface area contributed by atoms with Crippen molar-refractivity contribution in [1.82, 2.24) is 0 Å². The van der Waals surface area contributed by atoms with Crippen LogP contribution in [0.25, 0.3) is 0 Å². The molecule has 0 heterocycles. The van der Waals surface area contributed by atoms with Crippen molar-refractivity contribution in [2.45, 2.75) is 5.92 Å². The van der Waals surface area contributed by atoms with E-state index >= 15 is 0 Å². The molecule has 0 saturated heterocycles. The molecule has 0 fully saturated rings. The Hall–Kier alpha value is -1.93. The van der Waals surface area contributed by atoms with E-state index in [2.05, 4.69) is 24.3 Å². The summed E-state index contributed by atoms with van der Waals surface area (Å²) in [5.74, 6) is 0.173. The van der Waals surface area contributed by atoms with E-state index in [-0.39, 0.29) is 12.5 Å². The first-order chi connectivity index (χ1) is 8.92. The van der Waals surface area contributed by atoms with Crippen LogP contribution in [0.3, 0.4) is 0 Å². The van der Waals surface area contributed by atoms with Crippen molar-refractivity contribution in [2.24, 2.45) is 0 Å². The number of carbonyl (C=O) groups excluding carboxylic acids is 1. The van der Waals surface area contributed by atoms with E-state index in [9.17, 15) is 4.79 Å². The molecule has 2 nitrogen and oxygen atoms in total. The summed E-state index contributed by atoms with van der Waals surface area (Å²) in [5, 5.41) is 0. The molecule has 0 bridgehead atoms. The van der Waals surface area contributed by atoms with Gasteiger partial charge in [-0.1, -0.05) is 60.7 Å². The highest BCUT2D eigenvalue weighted by Gasteiger charge is 2.13. The van der Waals surface area contributed by atoms with Crippen LogP contribution in [0.15, 0.2) is 60.7 Å². The van der Waals surface area contributed by atoms with Crippen LogP contribution in [0.5, 0.6) is 0 Å². The lowest BCUT2D eigenvalue weighted by molar-refractivity contribution is -0.111. The Morgan fingerprint density at radius 3 is 1.83 bits per heavy atom. The predicted octanol–water partition coefficient (Wildman–Crippen LogP) is 3.03. The second-order valence-corrected chi connectivity index (χ2v) is 4.08. The first-order valence-corrected chi connectivity index (χ1v) is 6.03. The lowest BCUT2D eigenvalue weighted by Gasteiger charge is -2.17. The molecule has 2 rings (SSSR count). The van der Waals surface area contributed by atoms with Gasteiger partial charge in [0.2, 0.25) is 0 Å². The molecule has 92 valence electrons. The largest absolute Gasteiger partial charge is 0.373 e. The van der Waals surface area contributed by atoms with Gasteiger partial charge >= 0.3 is 0 Å². The molecule has 0 amide bonds. The van der Waals surface area contributed by atoms with Crippen molar-refractivity contribution < 1.29 is 9.53 Å². The van der Waals surface area contributed by atoms with Gasteiger partial charge in [-0.2, -0.15) is 0 Å². The minimum atomic E-state index is 0.149. The molecule has 2 aromatic rings. The first-order valence-electron chi connectivity index (χ1n) is 6.03. The van der Waals surface area contributed by atoms with Gasteiger partial charge < -0.3 is 9.53 Å². The minimum absolute atomic E-state index is 0.149. The van der Waals surface area contributed by atoms with Gasteiger partial charge in [0.1, 0.15) is 12.9 Å². The molecule has 2 heteroatoms. The van der Waals surface area contributed by atoms with Gasteiger partial charge in [-0.25, -0.2) is 0 Å². The summed E-state index contributed by atoms with van der Waals surface area (Å²) in [4.78, 5) is 10.3. The van der Waals surface area contributed by atoms with E-state index in [1.807, 2.05) is 36.4 Å². The summed E-state index contributed by atoms with van der Waals surface area (Å²) < 4.78 is 5.39. The van der Waals surface area contributed by atoms with E-state index in [4.69, 9.17) is 4.74 Å². The molecule has 0 aromatic heterocycles. The molecule has 2 aromatic carbocycles. The van der Waals surface area contributed by atoms with Crippen molar-refractivity contribution in [2.75, 3.05) is 13.2 Å². The normalized spacial score (nSPS) is 10.5. The maximum Gasteiger partial charge on any atom is 0.145 e. The fourth-order valence-electron chi connectivity index (χ4n) is 1.99. The average molecular weight is 240 g/mol. The average Bonchev–Trinajstić information content (AvgIpc) is 2.46. The smallest absolute Gasteiger partial charge is 0.145 e.